The van der Waals surface area contributed by atoms with Crippen LogP contribution in [0, 0.1) is 0 Å². The summed E-state index contributed by atoms with van der Waals surface area (Å²) in [5.74, 6) is 0.361. The first-order chi connectivity index (χ1) is 8.60. The van der Waals surface area contributed by atoms with E-state index in [9.17, 15) is 4.79 Å². The van der Waals surface area contributed by atoms with Crippen molar-refractivity contribution in [2.24, 2.45) is 0 Å². The summed E-state index contributed by atoms with van der Waals surface area (Å²) in [7, 11) is 1.38. The highest BCUT2D eigenvalue weighted by Gasteiger charge is 2.31. The zero-order valence-electron chi connectivity index (χ0n) is 10.2. The Kier molecular flexibility index (Phi) is 6.39. The van der Waals surface area contributed by atoms with E-state index in [1.54, 1.807) is 12.1 Å². The molecular formula is C12H14BrCl2NO3. The first kappa shape index (κ1) is 16.6. The van der Waals surface area contributed by atoms with Crippen molar-refractivity contribution in [3.8, 4) is 5.75 Å². The molecule has 2 atom stereocenters. The van der Waals surface area contributed by atoms with Crippen LogP contribution in [0.25, 0.3) is 0 Å². The van der Waals surface area contributed by atoms with Crippen LogP contribution in [0.5, 0.6) is 5.75 Å². The average molecular weight is 371 g/mol. The first-order valence-corrected chi connectivity index (χ1v) is 6.70. The second kappa shape index (κ2) is 7.33. The summed E-state index contributed by atoms with van der Waals surface area (Å²) < 4.78 is 11.3. The molecule has 0 aliphatic carbocycles. The number of carbonyl (C=O) groups is 1. The molecule has 19 heavy (non-hydrogen) atoms. The Morgan fingerprint density at radius 2 is 2.26 bits per heavy atom. The van der Waals surface area contributed by atoms with Gasteiger partial charge in [0.15, 0.2) is 0 Å². The number of carbonyl (C=O) groups excluding carboxylic acids is 1. The Morgan fingerprint density at radius 3 is 2.89 bits per heavy atom. The predicted molar refractivity (Wildman–Crippen MR) is 79.2 cm³/mol. The molecule has 0 saturated carbocycles. The van der Waals surface area contributed by atoms with E-state index in [2.05, 4.69) is 26.0 Å². The van der Waals surface area contributed by atoms with Gasteiger partial charge < -0.3 is 14.8 Å². The summed E-state index contributed by atoms with van der Waals surface area (Å²) >= 11 is 9.40. The lowest BCUT2D eigenvalue weighted by atomic mass is 10.2. The summed E-state index contributed by atoms with van der Waals surface area (Å²) in [6.45, 7) is 0.603. The minimum absolute atomic E-state index is 0. The van der Waals surface area contributed by atoms with Crippen LogP contribution in [0.3, 0.4) is 0 Å². The fourth-order valence-electron chi connectivity index (χ4n) is 1.87. The second-order valence-electron chi connectivity index (χ2n) is 4.03. The molecule has 106 valence electrons. The van der Waals surface area contributed by atoms with Gasteiger partial charge >= 0.3 is 5.97 Å². The number of halogens is 3. The van der Waals surface area contributed by atoms with Crippen molar-refractivity contribution < 1.29 is 14.3 Å². The molecule has 1 aliphatic heterocycles. The van der Waals surface area contributed by atoms with Crippen LogP contribution in [0.15, 0.2) is 22.7 Å². The summed E-state index contributed by atoms with van der Waals surface area (Å²) in [6.07, 6.45) is 0.506. The van der Waals surface area contributed by atoms with Crippen molar-refractivity contribution in [3.63, 3.8) is 0 Å². The van der Waals surface area contributed by atoms with Gasteiger partial charge in [0, 0.05) is 17.4 Å². The highest BCUT2D eigenvalue weighted by Crippen LogP contribution is 2.29. The Bertz CT molecular complexity index is 459. The Labute approximate surface area is 131 Å². The van der Waals surface area contributed by atoms with Crippen LogP contribution >= 0.6 is 39.9 Å². The molecule has 0 bridgehead atoms. The lowest BCUT2D eigenvalue weighted by molar-refractivity contribution is -0.142. The summed E-state index contributed by atoms with van der Waals surface area (Å²) in [6, 6.07) is 5.14. The zero-order chi connectivity index (χ0) is 13.1. The van der Waals surface area contributed by atoms with Gasteiger partial charge in [-0.3, -0.25) is 4.79 Å². The van der Waals surface area contributed by atoms with E-state index in [0.29, 0.717) is 23.7 Å². The molecule has 4 nitrogen and oxygen atoms in total. The van der Waals surface area contributed by atoms with Gasteiger partial charge in [0.2, 0.25) is 0 Å². The van der Waals surface area contributed by atoms with Gasteiger partial charge in [0.1, 0.15) is 17.9 Å². The number of ether oxygens (including phenoxy) is 2. The first-order valence-electron chi connectivity index (χ1n) is 5.53. The molecule has 0 amide bonds. The van der Waals surface area contributed by atoms with Crippen molar-refractivity contribution in [1.29, 1.82) is 0 Å². The summed E-state index contributed by atoms with van der Waals surface area (Å²) in [5.41, 5.74) is 0. The maximum absolute atomic E-state index is 11.4. The third-order valence-corrected chi connectivity index (χ3v) is 3.55. The van der Waals surface area contributed by atoms with Gasteiger partial charge in [-0.05, 0) is 18.2 Å². The smallest absolute Gasteiger partial charge is 0.323 e. The molecule has 0 radical (unpaired) electrons. The molecule has 1 saturated heterocycles. The number of benzene rings is 1. The number of nitrogens with one attached hydrogen (secondary N) is 1. The average Bonchev–Trinajstić information content (AvgIpc) is 2.80. The molecule has 7 heteroatoms. The fraction of sp³-hybridized carbons (Fsp3) is 0.417. The Morgan fingerprint density at radius 1 is 1.53 bits per heavy atom. The minimum atomic E-state index is -0.297. The van der Waals surface area contributed by atoms with Gasteiger partial charge in [-0.15, -0.1) is 12.4 Å². The molecule has 0 aromatic heterocycles. The summed E-state index contributed by atoms with van der Waals surface area (Å²) in [5, 5.41) is 3.60. The van der Waals surface area contributed by atoms with E-state index < -0.39 is 0 Å². The SMILES string of the molecule is COC(=O)C1CC(Oc2ccc(Br)cc2Cl)CN1.Cl. The normalized spacial score (nSPS) is 21.6. The molecule has 1 fully saturated rings. The number of esters is 1. The standard InChI is InChI=1S/C12H13BrClNO3.ClH/c1-17-12(16)10-5-8(6-15-10)18-11-3-2-7(13)4-9(11)14;/h2-4,8,10,15H,5-6H2,1H3;1H. The van der Waals surface area contributed by atoms with Crippen LogP contribution in [-0.4, -0.2) is 31.8 Å². The molecule has 0 spiro atoms. The summed E-state index contributed by atoms with van der Waals surface area (Å²) in [4.78, 5) is 11.4. The highest BCUT2D eigenvalue weighted by molar-refractivity contribution is 9.10. The predicted octanol–water partition coefficient (Wildman–Crippen LogP) is 2.81. The molecular weight excluding hydrogens is 357 g/mol. The monoisotopic (exact) mass is 369 g/mol. The quantitative estimate of drug-likeness (QED) is 0.831. The third-order valence-electron chi connectivity index (χ3n) is 2.76. The molecule has 1 aromatic carbocycles. The number of hydrogen-bond acceptors (Lipinski definition) is 4. The maximum Gasteiger partial charge on any atom is 0.323 e. The number of rotatable bonds is 3. The largest absolute Gasteiger partial charge is 0.487 e. The molecule has 2 rings (SSSR count). The molecule has 2 unspecified atom stereocenters. The van der Waals surface area contributed by atoms with Gasteiger partial charge in [-0.25, -0.2) is 0 Å². The van der Waals surface area contributed by atoms with E-state index in [1.807, 2.05) is 6.07 Å². The van der Waals surface area contributed by atoms with Crippen LogP contribution in [-0.2, 0) is 9.53 Å². The van der Waals surface area contributed by atoms with Crippen molar-refractivity contribution in [2.75, 3.05) is 13.7 Å². The molecule has 1 aliphatic rings. The van der Waals surface area contributed by atoms with Crippen LogP contribution in [0.2, 0.25) is 5.02 Å². The van der Waals surface area contributed by atoms with Crippen LogP contribution in [0.1, 0.15) is 6.42 Å². The van der Waals surface area contributed by atoms with Crippen molar-refractivity contribution in [1.82, 2.24) is 5.32 Å². The third kappa shape index (κ3) is 4.24. The van der Waals surface area contributed by atoms with E-state index >= 15 is 0 Å². The topological polar surface area (TPSA) is 47.6 Å². The fourth-order valence-corrected chi connectivity index (χ4v) is 2.58. The maximum atomic E-state index is 11.4. The Hall–Kier alpha value is -0.490. The van der Waals surface area contributed by atoms with Gasteiger partial charge in [0.05, 0.1) is 12.1 Å². The highest BCUT2D eigenvalue weighted by atomic mass is 79.9. The second-order valence-corrected chi connectivity index (χ2v) is 5.36. The van der Waals surface area contributed by atoms with Crippen molar-refractivity contribution in [3.05, 3.63) is 27.7 Å². The van der Waals surface area contributed by atoms with Crippen molar-refractivity contribution >= 4 is 45.9 Å². The zero-order valence-corrected chi connectivity index (χ0v) is 13.3. The van der Waals surface area contributed by atoms with E-state index in [0.717, 1.165) is 4.47 Å². The van der Waals surface area contributed by atoms with Crippen molar-refractivity contribution in [2.45, 2.75) is 18.6 Å². The molecule has 1 N–H and O–H groups in total. The van der Waals surface area contributed by atoms with Gasteiger partial charge in [-0.1, -0.05) is 27.5 Å². The molecule has 1 aromatic rings. The Balaban J connectivity index is 0.00000180. The minimum Gasteiger partial charge on any atom is -0.487 e. The van der Waals surface area contributed by atoms with Gasteiger partial charge in [-0.2, -0.15) is 0 Å². The number of methoxy groups -OCH3 is 1. The lowest BCUT2D eigenvalue weighted by Crippen LogP contribution is -2.31. The number of hydrogen-bond donors (Lipinski definition) is 1. The lowest BCUT2D eigenvalue weighted by Gasteiger charge is -2.14. The van der Waals surface area contributed by atoms with Gasteiger partial charge in [0.25, 0.3) is 0 Å². The van der Waals surface area contributed by atoms with Crippen LogP contribution in [0.4, 0.5) is 0 Å². The van der Waals surface area contributed by atoms with E-state index in [-0.39, 0.29) is 30.5 Å². The molecule has 1 heterocycles. The van der Waals surface area contributed by atoms with E-state index in [1.165, 1.54) is 7.11 Å². The van der Waals surface area contributed by atoms with Crippen LogP contribution < -0.4 is 10.1 Å². The van der Waals surface area contributed by atoms with E-state index in [4.69, 9.17) is 16.3 Å².